The van der Waals surface area contributed by atoms with Crippen LogP contribution in [0.4, 0.5) is 10.1 Å². The fraction of sp³-hybridized carbons (Fsp3) is 0.261. The molecule has 33 heavy (non-hydrogen) atoms. The van der Waals surface area contributed by atoms with Gasteiger partial charge in [0.1, 0.15) is 11.5 Å². The lowest BCUT2D eigenvalue weighted by Crippen LogP contribution is -2.18. The Morgan fingerprint density at radius 1 is 1.27 bits per heavy atom. The molecule has 2 aromatic heterocycles. The number of fused-ring (bicyclic) bond motifs is 1. The molecule has 8 nitrogen and oxygen atoms in total. The number of nitrogens with one attached hydrogen (secondary N) is 1. The van der Waals surface area contributed by atoms with Crippen molar-refractivity contribution in [3.8, 4) is 0 Å². The molecule has 0 spiro atoms. The number of carbonyl (C=O) groups excluding carboxylic acids is 2. The second-order valence-electron chi connectivity index (χ2n) is 7.80. The van der Waals surface area contributed by atoms with Crippen LogP contribution in [0.1, 0.15) is 46.1 Å². The molecule has 0 saturated heterocycles. The van der Waals surface area contributed by atoms with E-state index in [0.29, 0.717) is 17.9 Å². The number of halogens is 2. The number of rotatable bonds is 6. The van der Waals surface area contributed by atoms with Gasteiger partial charge in [0.25, 0.3) is 11.8 Å². The topological polar surface area (TPSA) is 115 Å². The highest BCUT2D eigenvalue weighted by molar-refractivity contribution is 6.31. The number of aryl methyl sites for hydroxylation is 1. The third kappa shape index (κ3) is 5.09. The van der Waals surface area contributed by atoms with E-state index in [4.69, 9.17) is 17.3 Å². The Balaban J connectivity index is 2.03. The molecule has 0 bridgehead atoms. The number of carbonyl (C=O) groups is 2. The highest BCUT2D eigenvalue weighted by Gasteiger charge is 2.20. The van der Waals surface area contributed by atoms with Gasteiger partial charge < -0.3 is 11.1 Å². The van der Waals surface area contributed by atoms with E-state index in [1.165, 1.54) is 12.1 Å². The summed E-state index contributed by atoms with van der Waals surface area (Å²) in [6.45, 7) is 8.00. The molecule has 0 fully saturated rings. The molecule has 2 heterocycles. The molecule has 0 aliphatic heterocycles. The molecule has 3 rings (SSSR count). The van der Waals surface area contributed by atoms with Crippen molar-refractivity contribution in [1.82, 2.24) is 14.8 Å². The Kier molecular flexibility index (Phi) is 6.92. The third-order valence-corrected chi connectivity index (χ3v) is 5.31. The fourth-order valence-electron chi connectivity index (χ4n) is 3.42. The summed E-state index contributed by atoms with van der Waals surface area (Å²) in [6.07, 6.45) is 1.96. The van der Waals surface area contributed by atoms with Crippen molar-refractivity contribution >= 4 is 45.7 Å². The SMILES string of the molecule is CN=C(C=C(C)C)Cn1nc(C)c(NC(=O)c2cc(C(N)=O)nc3cc(F)c(Cl)cc23)c1C. The number of anilines is 1. The minimum Gasteiger partial charge on any atom is -0.364 e. The molecular weight excluding hydrogens is 447 g/mol. The van der Waals surface area contributed by atoms with E-state index in [1.54, 1.807) is 18.7 Å². The van der Waals surface area contributed by atoms with Gasteiger partial charge in [0.2, 0.25) is 0 Å². The molecule has 0 atom stereocenters. The van der Waals surface area contributed by atoms with Crippen LogP contribution in [0, 0.1) is 19.7 Å². The number of amides is 2. The van der Waals surface area contributed by atoms with Crippen LogP contribution in [0.3, 0.4) is 0 Å². The van der Waals surface area contributed by atoms with Crippen molar-refractivity contribution < 1.29 is 14.0 Å². The van der Waals surface area contributed by atoms with Crippen LogP contribution in [0.25, 0.3) is 10.9 Å². The highest BCUT2D eigenvalue weighted by atomic mass is 35.5. The summed E-state index contributed by atoms with van der Waals surface area (Å²) in [4.78, 5) is 33.3. The van der Waals surface area contributed by atoms with E-state index in [0.717, 1.165) is 23.0 Å². The molecule has 0 saturated carbocycles. The second-order valence-corrected chi connectivity index (χ2v) is 8.20. The third-order valence-electron chi connectivity index (χ3n) is 5.02. The number of nitrogens with two attached hydrogens (primary N) is 1. The first kappa shape index (κ1) is 24.1. The lowest BCUT2D eigenvalue weighted by molar-refractivity contribution is 0.0996. The van der Waals surface area contributed by atoms with Crippen molar-refractivity contribution in [2.45, 2.75) is 34.2 Å². The molecule has 172 valence electrons. The molecule has 0 aliphatic carbocycles. The zero-order chi connectivity index (χ0) is 24.4. The van der Waals surface area contributed by atoms with Crippen molar-refractivity contribution in [3.05, 3.63) is 63.3 Å². The number of primary amides is 1. The number of aromatic nitrogens is 3. The zero-order valence-corrected chi connectivity index (χ0v) is 19.7. The second kappa shape index (κ2) is 9.50. The molecule has 10 heteroatoms. The largest absolute Gasteiger partial charge is 0.364 e. The van der Waals surface area contributed by atoms with Gasteiger partial charge in [-0.15, -0.1) is 0 Å². The van der Waals surface area contributed by atoms with Crippen LogP contribution < -0.4 is 11.1 Å². The summed E-state index contributed by atoms with van der Waals surface area (Å²) in [5, 5.41) is 7.48. The monoisotopic (exact) mass is 470 g/mol. The Bertz CT molecular complexity index is 1340. The molecule has 0 radical (unpaired) electrons. The molecule has 0 unspecified atom stereocenters. The first-order chi connectivity index (χ1) is 15.5. The Morgan fingerprint density at radius 3 is 2.58 bits per heavy atom. The molecular formula is C23H24ClFN6O2. The van der Waals surface area contributed by atoms with Gasteiger partial charge >= 0.3 is 0 Å². The Labute approximate surface area is 195 Å². The summed E-state index contributed by atoms with van der Waals surface area (Å²) in [5.74, 6) is -2.10. The van der Waals surface area contributed by atoms with Crippen molar-refractivity contribution in [2.24, 2.45) is 10.7 Å². The van der Waals surface area contributed by atoms with E-state index in [-0.39, 0.29) is 27.2 Å². The zero-order valence-electron chi connectivity index (χ0n) is 19.0. The van der Waals surface area contributed by atoms with Gasteiger partial charge in [0, 0.05) is 18.5 Å². The quantitative estimate of drug-likeness (QED) is 0.524. The molecule has 3 aromatic rings. The summed E-state index contributed by atoms with van der Waals surface area (Å²) in [5.41, 5.74) is 9.16. The number of pyridine rings is 1. The van der Waals surface area contributed by atoms with E-state index in [2.05, 4.69) is 20.4 Å². The number of nitrogens with zero attached hydrogens (tertiary/aromatic N) is 4. The van der Waals surface area contributed by atoms with E-state index in [9.17, 15) is 14.0 Å². The number of aliphatic imine (C=N–C) groups is 1. The summed E-state index contributed by atoms with van der Waals surface area (Å²) < 4.78 is 15.7. The predicted molar refractivity (Wildman–Crippen MR) is 128 cm³/mol. The normalized spacial score (nSPS) is 11.5. The van der Waals surface area contributed by atoms with Gasteiger partial charge in [0.05, 0.1) is 45.4 Å². The van der Waals surface area contributed by atoms with Crippen LogP contribution in [0.15, 0.2) is 34.8 Å². The lowest BCUT2D eigenvalue weighted by atomic mass is 10.1. The summed E-state index contributed by atoms with van der Waals surface area (Å²) in [7, 11) is 1.71. The minimum absolute atomic E-state index is 0.0857. The summed E-state index contributed by atoms with van der Waals surface area (Å²) >= 11 is 5.92. The van der Waals surface area contributed by atoms with Crippen LogP contribution in [-0.2, 0) is 6.54 Å². The average Bonchev–Trinajstić information content (AvgIpc) is 3.00. The van der Waals surface area contributed by atoms with E-state index >= 15 is 0 Å². The maximum absolute atomic E-state index is 14.0. The lowest BCUT2D eigenvalue weighted by Gasteiger charge is -2.11. The van der Waals surface area contributed by atoms with Crippen LogP contribution >= 0.6 is 11.6 Å². The van der Waals surface area contributed by atoms with E-state index < -0.39 is 17.6 Å². The van der Waals surface area contributed by atoms with Crippen molar-refractivity contribution in [1.29, 1.82) is 0 Å². The maximum Gasteiger partial charge on any atom is 0.267 e. The molecule has 2 amide bonds. The molecule has 0 aliphatic rings. The van der Waals surface area contributed by atoms with Gasteiger partial charge in [-0.05, 0) is 45.9 Å². The van der Waals surface area contributed by atoms with Gasteiger partial charge in [-0.3, -0.25) is 19.3 Å². The standard InChI is InChI=1S/C23H24ClFN6O2/c1-11(2)6-14(27-5)10-31-13(4)21(12(3)30-31)29-23(33)16-8-20(22(26)32)28-19-9-18(25)17(24)7-15(16)19/h6-9H,10H2,1-5H3,(H2,26,32)(H,29,33). The van der Waals surface area contributed by atoms with Crippen molar-refractivity contribution in [2.75, 3.05) is 12.4 Å². The van der Waals surface area contributed by atoms with Gasteiger partial charge in [-0.1, -0.05) is 17.2 Å². The van der Waals surface area contributed by atoms with Crippen LogP contribution in [0.2, 0.25) is 5.02 Å². The number of allylic oxidation sites excluding steroid dienone is 2. The van der Waals surface area contributed by atoms with E-state index in [1.807, 2.05) is 26.8 Å². The minimum atomic E-state index is -0.841. The molecule has 1 aromatic carbocycles. The Hall–Kier alpha value is -3.59. The first-order valence-electron chi connectivity index (χ1n) is 10.1. The van der Waals surface area contributed by atoms with Crippen molar-refractivity contribution in [3.63, 3.8) is 0 Å². The summed E-state index contributed by atoms with van der Waals surface area (Å²) in [6, 6.07) is 3.62. The number of hydrogen-bond acceptors (Lipinski definition) is 5. The van der Waals surface area contributed by atoms with Crippen LogP contribution in [-0.4, -0.2) is 39.3 Å². The first-order valence-corrected chi connectivity index (χ1v) is 10.4. The van der Waals surface area contributed by atoms with Gasteiger partial charge in [-0.25, -0.2) is 9.37 Å². The number of hydrogen-bond donors (Lipinski definition) is 2. The maximum atomic E-state index is 14.0. The average molecular weight is 471 g/mol. The Morgan fingerprint density at radius 2 is 1.97 bits per heavy atom. The predicted octanol–water partition coefficient (Wildman–Crippen LogP) is 4.23. The smallest absolute Gasteiger partial charge is 0.267 e. The fourth-order valence-corrected chi connectivity index (χ4v) is 3.58. The molecule has 3 N–H and O–H groups in total. The van der Waals surface area contributed by atoms with Crippen LogP contribution in [0.5, 0.6) is 0 Å². The van der Waals surface area contributed by atoms with Gasteiger partial charge in [0.15, 0.2) is 0 Å². The number of benzene rings is 1. The highest BCUT2D eigenvalue weighted by Crippen LogP contribution is 2.27. The van der Waals surface area contributed by atoms with Gasteiger partial charge in [-0.2, -0.15) is 5.10 Å².